The summed E-state index contributed by atoms with van der Waals surface area (Å²) in [6.45, 7) is 3.88. The van der Waals surface area contributed by atoms with Crippen LogP contribution in [0.3, 0.4) is 0 Å². The van der Waals surface area contributed by atoms with Crippen molar-refractivity contribution < 1.29 is 10.2 Å². The average molecular weight is 266 g/mol. The van der Waals surface area contributed by atoms with Gasteiger partial charge in [-0.1, -0.05) is 61.5 Å². The summed E-state index contributed by atoms with van der Waals surface area (Å²) in [6, 6.07) is 0. The molecule has 0 rings (SSSR count). The number of unbranched alkanes of at least 4 members (excludes halogenated alkanes) is 2. The Kier molecular flexibility index (Phi) is 12.7. The van der Waals surface area contributed by atoms with Crippen LogP contribution in [0.5, 0.6) is 0 Å². The van der Waals surface area contributed by atoms with Gasteiger partial charge in [0, 0.05) is 6.42 Å². The molecule has 0 aliphatic heterocycles. The van der Waals surface area contributed by atoms with E-state index in [4.69, 9.17) is 45.0 Å². The van der Waals surface area contributed by atoms with Crippen LogP contribution in [0.1, 0.15) is 46.0 Å². The van der Waals surface area contributed by atoms with Crippen molar-refractivity contribution in [3.05, 3.63) is 0 Å². The summed E-state index contributed by atoms with van der Waals surface area (Å²) in [5.41, 5.74) is 0. The molecule has 0 saturated heterocycles. The van der Waals surface area contributed by atoms with Gasteiger partial charge in [0.05, 0.1) is 0 Å². The molecule has 2 N–H and O–H groups in total. The standard InChI is InChI=1S/C8H18O2.CHCl3/c1-3-5-6-7-8(9,10)4-2;2-1(3)4/h9-10H,3-7H2,1-2H3;1H. The van der Waals surface area contributed by atoms with Crippen LogP contribution >= 0.6 is 34.8 Å². The zero-order valence-corrected chi connectivity index (χ0v) is 10.9. The molecule has 0 aliphatic rings. The Morgan fingerprint density at radius 2 is 1.50 bits per heavy atom. The number of hydrogen-bond acceptors (Lipinski definition) is 2. The molecule has 0 amide bonds. The monoisotopic (exact) mass is 264 g/mol. The molecule has 0 aromatic carbocycles. The van der Waals surface area contributed by atoms with Gasteiger partial charge in [-0.15, -0.1) is 0 Å². The van der Waals surface area contributed by atoms with E-state index in [1.165, 1.54) is 0 Å². The Labute approximate surface area is 101 Å². The highest BCUT2D eigenvalue weighted by Crippen LogP contribution is 2.14. The molecular formula is C9H19Cl3O2. The normalized spacial score (nSPS) is 11.1. The maximum atomic E-state index is 9.11. The Morgan fingerprint density at radius 1 is 1.07 bits per heavy atom. The van der Waals surface area contributed by atoms with Crippen LogP contribution in [0, 0.1) is 0 Å². The summed E-state index contributed by atoms with van der Waals surface area (Å²) >= 11 is 14.4. The first-order valence-electron chi connectivity index (χ1n) is 4.72. The highest BCUT2D eigenvalue weighted by atomic mass is 35.6. The molecule has 0 fully saturated rings. The minimum atomic E-state index is -1.41. The van der Waals surface area contributed by atoms with Crippen molar-refractivity contribution in [2.75, 3.05) is 0 Å². The van der Waals surface area contributed by atoms with Crippen molar-refractivity contribution in [1.29, 1.82) is 0 Å². The van der Waals surface area contributed by atoms with E-state index in [-0.39, 0.29) is 0 Å². The van der Waals surface area contributed by atoms with Gasteiger partial charge < -0.3 is 10.2 Å². The molecule has 0 aromatic heterocycles. The fourth-order valence-electron chi connectivity index (χ4n) is 0.835. The quantitative estimate of drug-likeness (QED) is 0.453. The lowest BCUT2D eigenvalue weighted by molar-refractivity contribution is -0.167. The van der Waals surface area contributed by atoms with Crippen molar-refractivity contribution in [1.82, 2.24) is 0 Å². The molecule has 0 aromatic rings. The Morgan fingerprint density at radius 3 is 1.79 bits per heavy atom. The first-order valence-corrected chi connectivity index (χ1v) is 6.03. The molecule has 0 spiro atoms. The van der Waals surface area contributed by atoms with Gasteiger partial charge >= 0.3 is 0 Å². The topological polar surface area (TPSA) is 40.5 Å². The minimum Gasteiger partial charge on any atom is -0.366 e. The van der Waals surface area contributed by atoms with Crippen LogP contribution in [0.4, 0.5) is 0 Å². The van der Waals surface area contributed by atoms with E-state index in [0.717, 1.165) is 19.3 Å². The number of aliphatic hydroxyl groups is 2. The molecule has 0 aliphatic carbocycles. The lowest BCUT2D eigenvalue weighted by atomic mass is 10.1. The average Bonchev–Trinajstić information content (AvgIpc) is 2.04. The van der Waals surface area contributed by atoms with Crippen molar-refractivity contribution in [3.8, 4) is 0 Å². The molecule has 0 heterocycles. The predicted molar refractivity (Wildman–Crippen MR) is 62.9 cm³/mol. The van der Waals surface area contributed by atoms with E-state index in [0.29, 0.717) is 12.8 Å². The van der Waals surface area contributed by atoms with E-state index in [2.05, 4.69) is 6.92 Å². The van der Waals surface area contributed by atoms with Gasteiger partial charge in [-0.25, -0.2) is 0 Å². The Balaban J connectivity index is 0. The summed E-state index contributed by atoms with van der Waals surface area (Å²) in [5.74, 6) is -1.41. The van der Waals surface area contributed by atoms with Gasteiger partial charge in [-0.2, -0.15) is 0 Å². The van der Waals surface area contributed by atoms with E-state index in [1.54, 1.807) is 6.92 Å². The van der Waals surface area contributed by atoms with Crippen molar-refractivity contribution >= 4 is 34.8 Å². The van der Waals surface area contributed by atoms with Crippen molar-refractivity contribution in [2.45, 2.75) is 56.0 Å². The zero-order valence-electron chi connectivity index (χ0n) is 8.64. The second kappa shape index (κ2) is 10.3. The van der Waals surface area contributed by atoms with Gasteiger partial charge in [-0.05, 0) is 12.8 Å². The van der Waals surface area contributed by atoms with Crippen LogP contribution in [0.15, 0.2) is 0 Å². The third-order valence-corrected chi connectivity index (χ3v) is 1.75. The molecular weight excluding hydrogens is 246 g/mol. The molecule has 0 saturated carbocycles. The largest absolute Gasteiger partial charge is 0.366 e. The number of alkyl halides is 3. The number of hydrogen-bond donors (Lipinski definition) is 2. The van der Waals surface area contributed by atoms with E-state index >= 15 is 0 Å². The molecule has 2 nitrogen and oxygen atoms in total. The SMILES string of the molecule is CCCCCC(O)(O)CC.ClC(Cl)Cl. The molecule has 0 bridgehead atoms. The van der Waals surface area contributed by atoms with Crippen LogP contribution in [-0.4, -0.2) is 20.3 Å². The summed E-state index contributed by atoms with van der Waals surface area (Å²) < 4.78 is -0.750. The summed E-state index contributed by atoms with van der Waals surface area (Å²) in [4.78, 5) is 0. The van der Waals surface area contributed by atoms with Crippen LogP contribution < -0.4 is 0 Å². The van der Waals surface area contributed by atoms with Crippen LogP contribution in [0.25, 0.3) is 0 Å². The van der Waals surface area contributed by atoms with Crippen LogP contribution in [-0.2, 0) is 0 Å². The fourth-order valence-corrected chi connectivity index (χ4v) is 0.835. The number of halogens is 3. The van der Waals surface area contributed by atoms with Crippen molar-refractivity contribution in [2.24, 2.45) is 0 Å². The van der Waals surface area contributed by atoms with Gasteiger partial charge in [0.1, 0.15) is 0 Å². The van der Waals surface area contributed by atoms with Gasteiger partial charge in [0.15, 0.2) is 10.1 Å². The van der Waals surface area contributed by atoms with Crippen molar-refractivity contribution in [3.63, 3.8) is 0 Å². The fraction of sp³-hybridized carbons (Fsp3) is 1.00. The molecule has 0 unspecified atom stereocenters. The summed E-state index contributed by atoms with van der Waals surface area (Å²) in [6.07, 6.45) is 4.06. The first kappa shape index (κ1) is 17.2. The number of rotatable bonds is 5. The second-order valence-electron chi connectivity index (χ2n) is 3.04. The molecule has 5 heteroatoms. The van der Waals surface area contributed by atoms with Gasteiger partial charge in [-0.3, -0.25) is 0 Å². The first-order chi connectivity index (χ1) is 6.35. The van der Waals surface area contributed by atoms with E-state index < -0.39 is 10.1 Å². The minimum absolute atomic E-state index is 0.427. The third-order valence-electron chi connectivity index (χ3n) is 1.75. The Bertz CT molecular complexity index is 116. The van der Waals surface area contributed by atoms with Gasteiger partial charge in [0.25, 0.3) is 0 Å². The smallest absolute Gasteiger partial charge is 0.180 e. The predicted octanol–water partition coefficient (Wildman–Crippen LogP) is 3.64. The second-order valence-corrected chi connectivity index (χ2v) is 5.02. The lowest BCUT2D eigenvalue weighted by Crippen LogP contribution is -2.26. The molecule has 0 atom stereocenters. The van der Waals surface area contributed by atoms with E-state index in [1.807, 2.05) is 0 Å². The summed E-state index contributed by atoms with van der Waals surface area (Å²) in [5, 5.41) is 18.2. The van der Waals surface area contributed by atoms with Crippen LogP contribution in [0.2, 0.25) is 0 Å². The highest BCUT2D eigenvalue weighted by Gasteiger charge is 2.18. The molecule has 14 heavy (non-hydrogen) atoms. The van der Waals surface area contributed by atoms with E-state index in [9.17, 15) is 0 Å². The highest BCUT2D eigenvalue weighted by molar-refractivity contribution is 6.63. The van der Waals surface area contributed by atoms with Gasteiger partial charge in [0.2, 0.25) is 0 Å². The summed E-state index contributed by atoms with van der Waals surface area (Å²) in [7, 11) is 0. The Hall–Kier alpha value is 0.790. The lowest BCUT2D eigenvalue weighted by Gasteiger charge is -2.18. The third kappa shape index (κ3) is 18.5. The maximum Gasteiger partial charge on any atom is 0.180 e. The molecule has 0 radical (unpaired) electrons. The maximum absolute atomic E-state index is 9.11. The zero-order chi connectivity index (χ0) is 11.6. The molecule has 88 valence electrons.